The molecule has 15 heavy (non-hydrogen) atoms. The number of benzene rings is 1. The van der Waals surface area contributed by atoms with Gasteiger partial charge in [0.05, 0.1) is 19.0 Å². The van der Waals surface area contributed by atoms with Crippen molar-refractivity contribution in [3.05, 3.63) is 35.1 Å². The summed E-state index contributed by atoms with van der Waals surface area (Å²) >= 11 is 3.37. The molecule has 0 saturated carbocycles. The van der Waals surface area contributed by atoms with Crippen molar-refractivity contribution < 1.29 is 9.84 Å². The number of aromatic nitrogens is 2. The van der Waals surface area contributed by atoms with Crippen LogP contribution < -0.4 is 4.74 Å². The van der Waals surface area contributed by atoms with Gasteiger partial charge in [-0.25, -0.2) is 4.68 Å². The lowest BCUT2D eigenvalue weighted by Gasteiger charge is -2.03. The molecule has 2 aromatic rings. The zero-order valence-electron chi connectivity index (χ0n) is 8.01. The van der Waals surface area contributed by atoms with Gasteiger partial charge < -0.3 is 9.84 Å². The molecule has 0 radical (unpaired) electrons. The number of aromatic hydroxyl groups is 1. The Morgan fingerprint density at radius 1 is 1.47 bits per heavy atom. The fraction of sp³-hybridized carbons (Fsp3) is 0.100. The minimum Gasteiger partial charge on any atom is -0.508 e. The molecular formula is C10H9BrN2O2. The Labute approximate surface area is 95.2 Å². The molecule has 78 valence electrons. The van der Waals surface area contributed by atoms with Gasteiger partial charge in [-0.15, -0.1) is 0 Å². The quantitative estimate of drug-likeness (QED) is 0.910. The predicted octanol–water partition coefficient (Wildman–Crippen LogP) is 2.35. The van der Waals surface area contributed by atoms with Crippen molar-refractivity contribution in [3.63, 3.8) is 0 Å². The van der Waals surface area contributed by atoms with Crippen molar-refractivity contribution in [1.82, 2.24) is 9.78 Å². The second-order valence-corrected chi connectivity index (χ2v) is 3.69. The monoisotopic (exact) mass is 268 g/mol. The summed E-state index contributed by atoms with van der Waals surface area (Å²) in [6.07, 6.45) is 1.61. The van der Waals surface area contributed by atoms with Gasteiger partial charge in [0.2, 0.25) is 0 Å². The van der Waals surface area contributed by atoms with Crippen molar-refractivity contribution in [2.45, 2.75) is 0 Å². The number of phenols is 1. The maximum absolute atomic E-state index is 9.34. The smallest absolute Gasteiger partial charge is 0.171 e. The Morgan fingerprint density at radius 3 is 2.87 bits per heavy atom. The van der Waals surface area contributed by atoms with Crippen LogP contribution in [0.3, 0.4) is 0 Å². The SMILES string of the molecule is COc1cnn(-c2cccc(O)c2)c1Br. The van der Waals surface area contributed by atoms with E-state index in [1.54, 1.807) is 36.2 Å². The number of hydrogen-bond donors (Lipinski definition) is 1. The first-order valence-corrected chi connectivity index (χ1v) is 5.08. The molecule has 0 aliphatic rings. The number of hydrogen-bond acceptors (Lipinski definition) is 3. The van der Waals surface area contributed by atoms with Gasteiger partial charge in [-0.05, 0) is 28.1 Å². The van der Waals surface area contributed by atoms with Crippen molar-refractivity contribution in [1.29, 1.82) is 0 Å². The lowest BCUT2D eigenvalue weighted by molar-refractivity contribution is 0.411. The molecule has 0 aliphatic heterocycles. The standard InChI is InChI=1S/C10H9BrN2O2/c1-15-9-6-12-13(10(9)11)7-3-2-4-8(14)5-7/h2-6,14H,1H3. The van der Waals surface area contributed by atoms with E-state index in [1.807, 2.05) is 6.07 Å². The van der Waals surface area contributed by atoms with Crippen molar-refractivity contribution >= 4 is 15.9 Å². The highest BCUT2D eigenvalue weighted by Gasteiger charge is 2.09. The number of rotatable bonds is 2. The van der Waals surface area contributed by atoms with Crippen LogP contribution in [0.1, 0.15) is 0 Å². The van der Waals surface area contributed by atoms with E-state index in [9.17, 15) is 5.11 Å². The van der Waals surface area contributed by atoms with Crippen molar-refractivity contribution in [3.8, 4) is 17.2 Å². The Morgan fingerprint density at radius 2 is 2.27 bits per heavy atom. The Balaban J connectivity index is 2.49. The minimum atomic E-state index is 0.203. The van der Waals surface area contributed by atoms with Gasteiger partial charge in [0.1, 0.15) is 5.75 Å². The van der Waals surface area contributed by atoms with Crippen molar-refractivity contribution in [2.24, 2.45) is 0 Å². The second kappa shape index (κ2) is 3.94. The summed E-state index contributed by atoms with van der Waals surface area (Å²) in [6.45, 7) is 0. The summed E-state index contributed by atoms with van der Waals surface area (Å²) in [5, 5.41) is 13.5. The van der Waals surface area contributed by atoms with Gasteiger partial charge in [0, 0.05) is 6.07 Å². The van der Waals surface area contributed by atoms with Crippen LogP contribution in [0.15, 0.2) is 35.1 Å². The fourth-order valence-corrected chi connectivity index (χ4v) is 1.82. The first-order chi connectivity index (χ1) is 7.22. The summed E-state index contributed by atoms with van der Waals surface area (Å²) in [4.78, 5) is 0. The van der Waals surface area contributed by atoms with Crippen molar-refractivity contribution in [2.75, 3.05) is 7.11 Å². The molecule has 5 heteroatoms. The molecule has 2 rings (SSSR count). The first-order valence-electron chi connectivity index (χ1n) is 4.29. The minimum absolute atomic E-state index is 0.203. The number of phenolic OH excluding ortho intramolecular Hbond substituents is 1. The fourth-order valence-electron chi connectivity index (χ4n) is 1.26. The van der Waals surface area contributed by atoms with Crippen LogP contribution in [0.4, 0.5) is 0 Å². The molecule has 1 N–H and O–H groups in total. The lowest BCUT2D eigenvalue weighted by Crippen LogP contribution is -1.95. The Bertz CT molecular complexity index is 482. The molecule has 0 spiro atoms. The maximum atomic E-state index is 9.34. The van der Waals surface area contributed by atoms with Crippen LogP contribution in [-0.4, -0.2) is 22.0 Å². The molecule has 0 fully saturated rings. The molecule has 1 aromatic carbocycles. The zero-order chi connectivity index (χ0) is 10.8. The average Bonchev–Trinajstić information content (AvgIpc) is 2.59. The molecular weight excluding hydrogens is 260 g/mol. The van der Waals surface area contributed by atoms with Crippen LogP contribution in [0.2, 0.25) is 0 Å². The van der Waals surface area contributed by atoms with E-state index in [1.165, 1.54) is 0 Å². The van der Waals surface area contributed by atoms with E-state index in [2.05, 4.69) is 21.0 Å². The third kappa shape index (κ3) is 1.83. The summed E-state index contributed by atoms with van der Waals surface area (Å²) in [6, 6.07) is 6.83. The van der Waals surface area contributed by atoms with Gasteiger partial charge in [0.15, 0.2) is 10.4 Å². The van der Waals surface area contributed by atoms with Crippen LogP contribution in [-0.2, 0) is 0 Å². The average molecular weight is 269 g/mol. The lowest BCUT2D eigenvalue weighted by atomic mass is 10.3. The summed E-state index contributed by atoms with van der Waals surface area (Å²) in [5.74, 6) is 0.854. The summed E-state index contributed by atoms with van der Waals surface area (Å²) in [5.41, 5.74) is 0.769. The summed E-state index contributed by atoms with van der Waals surface area (Å²) in [7, 11) is 1.58. The van der Waals surface area contributed by atoms with Gasteiger partial charge in [-0.3, -0.25) is 0 Å². The number of methoxy groups -OCH3 is 1. The predicted molar refractivity (Wildman–Crippen MR) is 59.5 cm³/mol. The molecule has 0 saturated heterocycles. The molecule has 0 unspecified atom stereocenters. The Hall–Kier alpha value is -1.49. The first kappa shape index (κ1) is 10.0. The Kier molecular flexibility index (Phi) is 2.64. The zero-order valence-corrected chi connectivity index (χ0v) is 9.60. The highest BCUT2D eigenvalue weighted by Crippen LogP contribution is 2.27. The van der Waals surface area contributed by atoms with Crippen LogP contribution in [0, 0.1) is 0 Å². The third-order valence-corrected chi connectivity index (χ3v) is 2.70. The second-order valence-electron chi connectivity index (χ2n) is 2.94. The molecule has 0 aliphatic carbocycles. The van der Waals surface area contributed by atoms with Gasteiger partial charge in [-0.2, -0.15) is 5.10 Å². The van der Waals surface area contributed by atoms with E-state index in [0.717, 1.165) is 10.3 Å². The van der Waals surface area contributed by atoms with Crippen LogP contribution in [0.5, 0.6) is 11.5 Å². The van der Waals surface area contributed by atoms with Gasteiger partial charge >= 0.3 is 0 Å². The number of halogens is 1. The van der Waals surface area contributed by atoms with E-state index in [0.29, 0.717) is 5.75 Å². The molecule has 0 atom stereocenters. The number of ether oxygens (including phenoxy) is 1. The van der Waals surface area contributed by atoms with Gasteiger partial charge in [-0.1, -0.05) is 6.07 Å². The summed E-state index contributed by atoms with van der Waals surface area (Å²) < 4.78 is 7.44. The topological polar surface area (TPSA) is 47.3 Å². The largest absolute Gasteiger partial charge is 0.508 e. The van der Waals surface area contributed by atoms with Crippen LogP contribution >= 0.6 is 15.9 Å². The van der Waals surface area contributed by atoms with Crippen LogP contribution in [0.25, 0.3) is 5.69 Å². The molecule has 0 bridgehead atoms. The highest BCUT2D eigenvalue weighted by molar-refractivity contribution is 9.10. The number of nitrogens with zero attached hydrogens (tertiary/aromatic N) is 2. The molecule has 0 amide bonds. The van der Waals surface area contributed by atoms with Gasteiger partial charge in [0.25, 0.3) is 0 Å². The van der Waals surface area contributed by atoms with E-state index < -0.39 is 0 Å². The maximum Gasteiger partial charge on any atom is 0.171 e. The molecule has 1 heterocycles. The molecule has 4 nitrogen and oxygen atoms in total. The van der Waals surface area contributed by atoms with E-state index in [4.69, 9.17) is 4.74 Å². The highest BCUT2D eigenvalue weighted by atomic mass is 79.9. The van der Waals surface area contributed by atoms with E-state index in [-0.39, 0.29) is 5.75 Å². The molecule has 1 aromatic heterocycles. The third-order valence-electron chi connectivity index (χ3n) is 1.97. The van der Waals surface area contributed by atoms with E-state index >= 15 is 0 Å². The normalized spacial score (nSPS) is 10.3.